The smallest absolute Gasteiger partial charge is 0.404 e. The Morgan fingerprint density at radius 2 is 1.26 bits per heavy atom. The standard InChI is InChI=1S/C8H7ClO2.C6H12O2.C6H10.C5H11NO2.C5H9N.C4H10O.CH4O/c9-8(10)11-6-7-4-2-1-3-5-7;7-5-3-1-2-4-6(5)8;1-2-4-6-5-3-1;7-4-1-2-6-3-5(4)8;1-2-4-6-5-3-1;1-4(2,3)5;1-2/h1-5H,6H2;5-8H,1-4H2;1-2H,3-6H2;4-8H,1-3H2;1-2,6H,3-5H2;5H,1-3H3;2H,1H3/t;5-,6+;;4-,5+;;;/m...1.../s1. The summed E-state index contributed by atoms with van der Waals surface area (Å²) in [7, 11) is 1.00. The Kier molecular flexibility index (Phi) is 31.9. The fraction of sp³-hybridized carbons (Fsp3) is 0.686. The van der Waals surface area contributed by atoms with E-state index in [1.807, 2.05) is 30.3 Å². The third-order valence-corrected chi connectivity index (χ3v) is 6.49. The van der Waals surface area contributed by atoms with Crippen molar-refractivity contribution in [2.75, 3.05) is 33.3 Å². The molecule has 2 fully saturated rings. The quantitative estimate of drug-likeness (QED) is 0.164. The lowest BCUT2D eigenvalue weighted by Gasteiger charge is -2.23. The molecule has 1 aromatic rings. The number of hydrogen-bond donors (Lipinski definition) is 8. The summed E-state index contributed by atoms with van der Waals surface area (Å²) in [5.41, 5.74) is -0.338. The monoisotopic (exact) mass is 674 g/mol. The van der Waals surface area contributed by atoms with Crippen LogP contribution in [-0.2, 0) is 11.3 Å². The summed E-state index contributed by atoms with van der Waals surface area (Å²) in [6, 6.07) is 9.36. The second-order valence-corrected chi connectivity index (χ2v) is 12.3. The van der Waals surface area contributed by atoms with Gasteiger partial charge >= 0.3 is 5.43 Å². The van der Waals surface area contributed by atoms with E-state index in [1.54, 1.807) is 20.8 Å². The van der Waals surface area contributed by atoms with Crippen molar-refractivity contribution in [2.24, 2.45) is 0 Å². The lowest BCUT2D eigenvalue weighted by atomic mass is 9.95. The lowest BCUT2D eigenvalue weighted by molar-refractivity contribution is -0.00865. The Balaban J connectivity index is 0. The number of aliphatic hydroxyl groups is 6. The van der Waals surface area contributed by atoms with E-state index >= 15 is 0 Å². The Labute approximate surface area is 282 Å². The Bertz CT molecular complexity index is 788. The summed E-state index contributed by atoms with van der Waals surface area (Å²) in [5.74, 6) is 0. The largest absolute Gasteiger partial charge is 0.449 e. The Morgan fingerprint density at radius 1 is 0.761 bits per heavy atom. The predicted octanol–water partition coefficient (Wildman–Crippen LogP) is 4.58. The van der Waals surface area contributed by atoms with Gasteiger partial charge in [-0.2, -0.15) is 0 Å². The molecule has 0 aromatic heterocycles. The van der Waals surface area contributed by atoms with Crippen molar-refractivity contribution in [3.05, 3.63) is 60.2 Å². The van der Waals surface area contributed by atoms with Gasteiger partial charge in [0, 0.05) is 31.8 Å². The van der Waals surface area contributed by atoms with Crippen LogP contribution in [0.5, 0.6) is 0 Å². The van der Waals surface area contributed by atoms with E-state index in [0.29, 0.717) is 13.0 Å². The van der Waals surface area contributed by atoms with Gasteiger partial charge in [-0.15, -0.1) is 0 Å². The molecule has 1 saturated carbocycles. The first-order valence-corrected chi connectivity index (χ1v) is 16.7. The number of halogens is 1. The van der Waals surface area contributed by atoms with Gasteiger partial charge in [-0.3, -0.25) is 0 Å². The van der Waals surface area contributed by atoms with Crippen molar-refractivity contribution >= 4 is 17.0 Å². The van der Waals surface area contributed by atoms with Gasteiger partial charge in [-0.25, -0.2) is 4.79 Å². The minimum Gasteiger partial charge on any atom is -0.449 e. The summed E-state index contributed by atoms with van der Waals surface area (Å²) < 4.78 is 4.55. The van der Waals surface area contributed by atoms with Crippen LogP contribution in [0, 0.1) is 0 Å². The molecule has 8 N–H and O–H groups in total. The molecule has 0 radical (unpaired) electrons. The number of piperidine rings is 1. The molecule has 2 aliphatic carbocycles. The topological polar surface area (TPSA) is 172 Å². The van der Waals surface area contributed by atoms with Gasteiger partial charge in [0.1, 0.15) is 6.61 Å². The molecule has 0 spiro atoms. The summed E-state index contributed by atoms with van der Waals surface area (Å²) in [4.78, 5) is 10.2. The average Bonchev–Trinajstić information content (AvgIpc) is 3.06. The van der Waals surface area contributed by atoms with Gasteiger partial charge in [-0.05, 0) is 90.8 Å². The van der Waals surface area contributed by atoms with Crippen LogP contribution in [0.2, 0.25) is 0 Å². The molecule has 1 aromatic carbocycles. The molecule has 0 bridgehead atoms. The maximum Gasteiger partial charge on any atom is 0.404 e. The van der Waals surface area contributed by atoms with E-state index < -0.39 is 35.4 Å². The van der Waals surface area contributed by atoms with Crippen molar-refractivity contribution in [2.45, 2.75) is 122 Å². The SMILES string of the molecule is C1=CCCCC1.C1=CCNCC1.CC(C)(C)O.CO.O=C(Cl)OCc1ccccc1.O[C@@H]1CCCC[C@@H]1O.O[C@@H]1CCNC[C@@H]1O. The summed E-state index contributed by atoms with van der Waals surface area (Å²) in [6.45, 7) is 9.05. The van der Waals surface area contributed by atoms with E-state index in [4.69, 9.17) is 42.2 Å². The molecule has 2 aliphatic heterocycles. The highest BCUT2D eigenvalue weighted by molar-refractivity contribution is 6.61. The Hall–Kier alpha value is -1.86. The molecule has 1 saturated heterocycles. The van der Waals surface area contributed by atoms with Crippen LogP contribution in [0.4, 0.5) is 4.79 Å². The zero-order valence-corrected chi connectivity index (χ0v) is 29.2. The third kappa shape index (κ3) is 35.0. The van der Waals surface area contributed by atoms with E-state index in [0.717, 1.165) is 58.0 Å². The fourth-order valence-electron chi connectivity index (χ4n) is 3.97. The highest BCUT2D eigenvalue weighted by atomic mass is 35.5. The molecule has 4 atom stereocenters. The predicted molar refractivity (Wildman–Crippen MR) is 187 cm³/mol. The van der Waals surface area contributed by atoms with Gasteiger partial charge in [0.15, 0.2) is 0 Å². The van der Waals surface area contributed by atoms with Crippen molar-refractivity contribution in [1.29, 1.82) is 0 Å². The zero-order chi connectivity index (χ0) is 35.1. The maximum atomic E-state index is 10.2. The number of benzene rings is 1. The van der Waals surface area contributed by atoms with Crippen LogP contribution in [0.1, 0.15) is 90.5 Å². The van der Waals surface area contributed by atoms with Gasteiger partial charge in [0.2, 0.25) is 0 Å². The number of β-amino-alcohol motifs (C(OH)–C–C–N with tert-alkyl or cyclic N) is 1. The molecular formula is C35H63ClN2O8. The van der Waals surface area contributed by atoms with E-state index in [9.17, 15) is 4.79 Å². The number of hydrogen-bond acceptors (Lipinski definition) is 10. The number of rotatable bonds is 2. The summed E-state index contributed by atoms with van der Waals surface area (Å²) in [6.07, 6.45) is 18.0. The summed E-state index contributed by atoms with van der Waals surface area (Å²) in [5, 5.41) is 57.3. The molecule has 0 amide bonds. The molecule has 5 rings (SSSR count). The lowest BCUT2D eigenvalue weighted by Crippen LogP contribution is -2.43. The van der Waals surface area contributed by atoms with Crippen LogP contribution >= 0.6 is 11.6 Å². The minimum absolute atomic E-state index is 0.239. The van der Waals surface area contributed by atoms with Gasteiger partial charge < -0.3 is 46.0 Å². The Morgan fingerprint density at radius 3 is 1.54 bits per heavy atom. The number of ether oxygens (including phenoxy) is 1. The third-order valence-electron chi connectivity index (χ3n) is 6.38. The van der Waals surface area contributed by atoms with Crippen LogP contribution in [-0.4, -0.2) is 99.4 Å². The van der Waals surface area contributed by atoms with Gasteiger partial charge in [-0.1, -0.05) is 67.5 Å². The number of aliphatic hydroxyl groups excluding tert-OH is 5. The highest BCUT2D eigenvalue weighted by Crippen LogP contribution is 2.17. The number of carbonyl (C=O) groups excluding carboxylic acids is 1. The van der Waals surface area contributed by atoms with E-state index in [2.05, 4.69) is 39.7 Å². The molecule has 0 unspecified atom stereocenters. The molecule has 4 aliphatic rings. The molecule has 2 heterocycles. The normalized spacial score (nSPS) is 23.0. The molecule has 46 heavy (non-hydrogen) atoms. The van der Waals surface area contributed by atoms with Crippen molar-refractivity contribution in [3.8, 4) is 0 Å². The van der Waals surface area contributed by atoms with Crippen molar-refractivity contribution in [3.63, 3.8) is 0 Å². The van der Waals surface area contributed by atoms with Crippen molar-refractivity contribution < 1.29 is 40.2 Å². The molecule has 268 valence electrons. The van der Waals surface area contributed by atoms with Crippen LogP contribution in [0.3, 0.4) is 0 Å². The second kappa shape index (κ2) is 31.7. The van der Waals surface area contributed by atoms with Crippen LogP contribution in [0.25, 0.3) is 0 Å². The second-order valence-electron chi connectivity index (χ2n) is 11.9. The highest BCUT2D eigenvalue weighted by Gasteiger charge is 2.19. The zero-order valence-electron chi connectivity index (χ0n) is 28.5. The van der Waals surface area contributed by atoms with Crippen molar-refractivity contribution in [1.82, 2.24) is 10.6 Å². The molecular weight excluding hydrogens is 612 g/mol. The van der Waals surface area contributed by atoms with Gasteiger partial charge in [0.05, 0.1) is 30.0 Å². The van der Waals surface area contributed by atoms with Gasteiger partial charge in [0.25, 0.3) is 0 Å². The number of allylic oxidation sites excluding steroid dienone is 2. The van der Waals surface area contributed by atoms with Crippen LogP contribution in [0.15, 0.2) is 54.6 Å². The first-order valence-electron chi connectivity index (χ1n) is 16.4. The minimum atomic E-state index is -0.770. The average molecular weight is 675 g/mol. The first kappa shape index (κ1) is 46.3. The first-order chi connectivity index (χ1) is 21.9. The summed E-state index contributed by atoms with van der Waals surface area (Å²) >= 11 is 4.97. The van der Waals surface area contributed by atoms with Crippen LogP contribution < -0.4 is 10.6 Å². The van der Waals surface area contributed by atoms with E-state index in [1.165, 1.54) is 32.1 Å². The molecule has 11 heteroatoms. The van der Waals surface area contributed by atoms with E-state index in [-0.39, 0.29) is 6.61 Å². The maximum absolute atomic E-state index is 10.2. The molecule has 10 nitrogen and oxygen atoms in total. The fourth-order valence-corrected chi connectivity index (χ4v) is 4.02. The number of carbonyl (C=O) groups is 1. The number of nitrogens with one attached hydrogen (secondary N) is 2.